The molecule has 29 heavy (non-hydrogen) atoms. The monoisotopic (exact) mass is 394 g/mol. The zero-order valence-electron chi connectivity index (χ0n) is 17.3. The van der Waals surface area contributed by atoms with Gasteiger partial charge in [-0.3, -0.25) is 9.59 Å². The Kier molecular flexibility index (Phi) is 7.25. The number of anilines is 2. The van der Waals surface area contributed by atoms with E-state index in [1.807, 2.05) is 25.1 Å². The summed E-state index contributed by atoms with van der Waals surface area (Å²) >= 11 is 0. The van der Waals surface area contributed by atoms with E-state index in [1.165, 1.54) is 11.3 Å². The van der Waals surface area contributed by atoms with Crippen molar-refractivity contribution >= 4 is 23.2 Å². The van der Waals surface area contributed by atoms with Gasteiger partial charge in [-0.25, -0.2) is 0 Å². The first-order chi connectivity index (χ1) is 14.0. The van der Waals surface area contributed by atoms with Crippen molar-refractivity contribution in [2.24, 2.45) is 0 Å². The van der Waals surface area contributed by atoms with Gasteiger partial charge in [0, 0.05) is 44.1 Å². The van der Waals surface area contributed by atoms with Gasteiger partial charge in [0.1, 0.15) is 0 Å². The maximum Gasteiger partial charge on any atom is 0.313 e. The fourth-order valence-electron chi connectivity index (χ4n) is 3.42. The highest BCUT2D eigenvalue weighted by molar-refractivity contribution is 6.39. The van der Waals surface area contributed by atoms with E-state index in [9.17, 15) is 9.59 Å². The van der Waals surface area contributed by atoms with Gasteiger partial charge in [-0.1, -0.05) is 24.3 Å². The zero-order valence-corrected chi connectivity index (χ0v) is 17.3. The number of benzene rings is 2. The molecule has 1 aliphatic heterocycles. The summed E-state index contributed by atoms with van der Waals surface area (Å²) < 4.78 is 0. The van der Waals surface area contributed by atoms with E-state index >= 15 is 0 Å². The number of hydrogen-bond donors (Lipinski definition) is 2. The highest BCUT2D eigenvalue weighted by Gasteiger charge is 2.14. The number of piperazine rings is 1. The molecule has 2 N–H and O–H groups in total. The smallest absolute Gasteiger partial charge is 0.313 e. The largest absolute Gasteiger partial charge is 0.369 e. The zero-order chi connectivity index (χ0) is 20.6. The average molecular weight is 395 g/mol. The molecule has 0 aliphatic carbocycles. The number of aryl methyl sites for hydroxylation is 2. The van der Waals surface area contributed by atoms with Crippen molar-refractivity contribution in [3.8, 4) is 0 Å². The predicted molar refractivity (Wildman–Crippen MR) is 117 cm³/mol. The summed E-state index contributed by atoms with van der Waals surface area (Å²) in [6, 6.07) is 16.0. The van der Waals surface area contributed by atoms with Crippen molar-refractivity contribution in [3.63, 3.8) is 0 Å². The lowest BCUT2D eigenvalue weighted by atomic mass is 10.1. The van der Waals surface area contributed by atoms with Crippen molar-refractivity contribution in [1.29, 1.82) is 0 Å². The van der Waals surface area contributed by atoms with Gasteiger partial charge in [-0.2, -0.15) is 0 Å². The van der Waals surface area contributed by atoms with Gasteiger partial charge in [-0.05, 0) is 62.2 Å². The minimum Gasteiger partial charge on any atom is -0.369 e. The highest BCUT2D eigenvalue weighted by atomic mass is 16.2. The van der Waals surface area contributed by atoms with Gasteiger partial charge < -0.3 is 20.4 Å². The van der Waals surface area contributed by atoms with Crippen LogP contribution < -0.4 is 15.5 Å². The van der Waals surface area contributed by atoms with Crippen molar-refractivity contribution in [3.05, 3.63) is 59.7 Å². The van der Waals surface area contributed by atoms with Crippen LogP contribution in [-0.4, -0.2) is 56.5 Å². The number of amides is 2. The van der Waals surface area contributed by atoms with E-state index in [4.69, 9.17) is 0 Å². The molecule has 1 aliphatic rings. The molecule has 1 fully saturated rings. The number of likely N-dealkylation sites (N-methyl/N-ethyl adjacent to an activating group) is 1. The molecule has 0 bridgehead atoms. The second kappa shape index (κ2) is 10.1. The number of carbonyl (C=O) groups is 2. The molecule has 2 amide bonds. The normalized spacial score (nSPS) is 14.5. The molecule has 0 unspecified atom stereocenters. The lowest BCUT2D eigenvalue weighted by molar-refractivity contribution is -0.136. The molecule has 0 radical (unpaired) electrons. The number of carbonyl (C=O) groups excluding carboxylic acids is 2. The number of hydrogen-bond acceptors (Lipinski definition) is 4. The third-order valence-electron chi connectivity index (χ3n) is 5.21. The summed E-state index contributed by atoms with van der Waals surface area (Å²) in [7, 11) is 2.16. The molecule has 0 saturated carbocycles. The second-order valence-electron chi connectivity index (χ2n) is 7.64. The fourth-order valence-corrected chi connectivity index (χ4v) is 3.42. The molecule has 6 heteroatoms. The Bertz CT molecular complexity index is 827. The Labute approximate surface area is 172 Å². The Morgan fingerprint density at radius 1 is 0.966 bits per heavy atom. The Hall–Kier alpha value is -2.86. The molecular weight excluding hydrogens is 364 g/mol. The van der Waals surface area contributed by atoms with Crippen molar-refractivity contribution in [2.75, 3.05) is 50.0 Å². The Morgan fingerprint density at radius 3 is 2.38 bits per heavy atom. The lowest BCUT2D eigenvalue weighted by Gasteiger charge is -2.34. The van der Waals surface area contributed by atoms with E-state index in [-0.39, 0.29) is 0 Å². The molecule has 1 saturated heterocycles. The molecule has 154 valence electrons. The van der Waals surface area contributed by atoms with Crippen molar-refractivity contribution in [2.45, 2.75) is 19.8 Å². The van der Waals surface area contributed by atoms with Gasteiger partial charge in [-0.15, -0.1) is 0 Å². The van der Waals surface area contributed by atoms with Crippen LogP contribution in [0.4, 0.5) is 11.4 Å². The summed E-state index contributed by atoms with van der Waals surface area (Å²) in [5, 5.41) is 5.31. The SMILES string of the molecule is Cc1cccc(NC(=O)C(=O)NCCCc2ccc(N3CCN(C)CC3)cc2)c1. The third kappa shape index (κ3) is 6.32. The van der Waals surface area contributed by atoms with Crippen molar-refractivity contribution < 1.29 is 9.59 Å². The summed E-state index contributed by atoms with van der Waals surface area (Å²) in [5.41, 5.74) is 4.16. The van der Waals surface area contributed by atoms with Crippen molar-refractivity contribution in [1.82, 2.24) is 10.2 Å². The number of rotatable bonds is 6. The summed E-state index contributed by atoms with van der Waals surface area (Å²) in [6.45, 7) is 6.73. The van der Waals surface area contributed by atoms with Crippen LogP contribution in [-0.2, 0) is 16.0 Å². The first-order valence-electron chi connectivity index (χ1n) is 10.2. The summed E-state index contributed by atoms with van der Waals surface area (Å²) in [4.78, 5) is 28.7. The fraction of sp³-hybridized carbons (Fsp3) is 0.391. The first-order valence-corrected chi connectivity index (χ1v) is 10.2. The summed E-state index contributed by atoms with van der Waals surface area (Å²) in [6.07, 6.45) is 1.65. The van der Waals surface area contributed by atoms with Crippen LogP contribution in [0.2, 0.25) is 0 Å². The van der Waals surface area contributed by atoms with Crippen LogP contribution in [0.1, 0.15) is 17.5 Å². The third-order valence-corrected chi connectivity index (χ3v) is 5.21. The first kappa shape index (κ1) is 20.9. The van der Waals surface area contributed by atoms with E-state index in [1.54, 1.807) is 6.07 Å². The van der Waals surface area contributed by atoms with Gasteiger partial charge in [0.15, 0.2) is 0 Å². The lowest BCUT2D eigenvalue weighted by Crippen LogP contribution is -2.44. The number of nitrogens with one attached hydrogen (secondary N) is 2. The van der Waals surface area contributed by atoms with Crippen LogP contribution in [0.5, 0.6) is 0 Å². The minimum atomic E-state index is -0.632. The molecule has 2 aromatic rings. The summed E-state index contributed by atoms with van der Waals surface area (Å²) in [5.74, 6) is -1.23. The van der Waals surface area contributed by atoms with Crippen LogP contribution in [0.15, 0.2) is 48.5 Å². The topological polar surface area (TPSA) is 64.7 Å². The maximum absolute atomic E-state index is 12.0. The van der Waals surface area contributed by atoms with Gasteiger partial charge in [0.2, 0.25) is 0 Å². The van der Waals surface area contributed by atoms with Crippen LogP contribution in [0.3, 0.4) is 0 Å². The Morgan fingerprint density at radius 2 is 1.69 bits per heavy atom. The molecule has 0 aromatic heterocycles. The van der Waals surface area contributed by atoms with Gasteiger partial charge in [0.25, 0.3) is 0 Å². The quantitative estimate of drug-likeness (QED) is 0.583. The van der Waals surface area contributed by atoms with Gasteiger partial charge in [0.05, 0.1) is 0 Å². The molecule has 0 atom stereocenters. The molecular formula is C23H30N4O2. The van der Waals surface area contributed by atoms with E-state index in [0.717, 1.165) is 44.6 Å². The molecule has 0 spiro atoms. The molecule has 3 rings (SSSR count). The maximum atomic E-state index is 12.0. The van der Waals surface area contributed by atoms with Crippen LogP contribution >= 0.6 is 0 Å². The molecule has 1 heterocycles. The predicted octanol–water partition coefficient (Wildman–Crippen LogP) is 2.43. The van der Waals surface area contributed by atoms with E-state index < -0.39 is 11.8 Å². The average Bonchev–Trinajstić information content (AvgIpc) is 2.72. The highest BCUT2D eigenvalue weighted by Crippen LogP contribution is 2.17. The van der Waals surface area contributed by atoms with E-state index in [2.05, 4.69) is 51.7 Å². The molecule has 2 aromatic carbocycles. The second-order valence-corrected chi connectivity index (χ2v) is 7.64. The Balaban J connectivity index is 1.37. The standard InChI is InChI=1S/C23H30N4O2/c1-18-5-3-7-20(17-18)25-23(29)22(28)24-12-4-6-19-8-10-21(11-9-19)27-15-13-26(2)14-16-27/h3,5,7-11,17H,4,6,12-16H2,1-2H3,(H,24,28)(H,25,29). The molecule has 6 nitrogen and oxygen atoms in total. The number of nitrogens with zero attached hydrogens (tertiary/aromatic N) is 2. The van der Waals surface area contributed by atoms with Crippen LogP contribution in [0, 0.1) is 6.92 Å². The minimum absolute atomic E-state index is 0.473. The van der Waals surface area contributed by atoms with E-state index in [0.29, 0.717) is 12.2 Å². The van der Waals surface area contributed by atoms with Crippen LogP contribution in [0.25, 0.3) is 0 Å². The van der Waals surface area contributed by atoms with Gasteiger partial charge >= 0.3 is 11.8 Å².